The molecule has 0 atom stereocenters. The molecule has 0 spiro atoms. The molecular weight excluding hydrogens is 480 g/mol. The summed E-state index contributed by atoms with van der Waals surface area (Å²) in [5.41, 5.74) is 3.54. The zero-order valence-electron chi connectivity index (χ0n) is 24.5. The van der Waals surface area contributed by atoms with Crippen molar-refractivity contribution in [3.8, 4) is 5.75 Å². The molecule has 1 nitrogen and oxygen atoms in total. The van der Waals surface area contributed by atoms with Crippen molar-refractivity contribution in [3.63, 3.8) is 0 Å². The smallest absolute Gasteiger partial charge is 0.126 e. The normalized spacial score (nSPS) is 11.3. The van der Waals surface area contributed by atoms with Gasteiger partial charge in [0, 0.05) is 10.4 Å². The largest absolute Gasteiger partial charge is 0.493 e. The molecule has 0 aliphatic rings. The minimum atomic E-state index is 0.790. The van der Waals surface area contributed by atoms with Crippen LogP contribution in [0.1, 0.15) is 140 Å². The molecule has 0 saturated carbocycles. The van der Waals surface area contributed by atoms with Crippen LogP contribution in [0.5, 0.6) is 5.75 Å². The molecule has 2 aromatic rings. The lowest BCUT2D eigenvalue weighted by Gasteiger charge is -2.12. The van der Waals surface area contributed by atoms with Crippen molar-refractivity contribution in [2.45, 2.75) is 129 Å². The summed E-state index contributed by atoms with van der Waals surface area (Å²) in [6.45, 7) is 5.31. The maximum Gasteiger partial charge on any atom is 0.126 e. The van der Waals surface area contributed by atoms with Gasteiger partial charge in [0.25, 0.3) is 0 Å². The molecule has 2 rings (SSSR count). The van der Waals surface area contributed by atoms with Crippen molar-refractivity contribution in [2.75, 3.05) is 6.61 Å². The summed E-state index contributed by atoms with van der Waals surface area (Å²) in [5, 5.41) is 0. The van der Waals surface area contributed by atoms with E-state index in [0.717, 1.165) is 47.6 Å². The maximum atomic E-state index is 6.29. The number of aryl methyl sites for hydroxylation is 1. The van der Waals surface area contributed by atoms with Crippen LogP contribution in [0, 0.1) is 0 Å². The van der Waals surface area contributed by atoms with E-state index in [0.29, 0.717) is 0 Å². The topological polar surface area (TPSA) is 9.23 Å². The second-order valence-electron chi connectivity index (χ2n) is 10.8. The molecule has 0 saturated heterocycles. The van der Waals surface area contributed by atoms with Crippen molar-refractivity contribution in [3.05, 3.63) is 71.3 Å². The second-order valence-corrected chi connectivity index (χ2v) is 11.3. The molecule has 0 amide bonds. The highest BCUT2D eigenvalue weighted by Crippen LogP contribution is 2.24. The number of allylic oxidation sites excluding steroid dienone is 1. The SMILES string of the molecule is CCCCCCCCCCCCCCCCCCOc1cc(CCC)ccc1C=CC(=S)c1ccccc1. The van der Waals surface area contributed by atoms with Crippen molar-refractivity contribution >= 4 is 23.2 Å². The Hall–Kier alpha value is -1.93. The zero-order valence-corrected chi connectivity index (χ0v) is 25.3. The number of unbranched alkanes of at least 4 members (excludes halogenated alkanes) is 15. The lowest BCUT2D eigenvalue weighted by molar-refractivity contribution is 0.303. The Morgan fingerprint density at radius 3 is 1.76 bits per heavy atom. The Morgan fingerprint density at radius 2 is 1.21 bits per heavy atom. The minimum Gasteiger partial charge on any atom is -0.493 e. The van der Waals surface area contributed by atoms with Crippen LogP contribution in [0.2, 0.25) is 0 Å². The number of rotatable bonds is 23. The molecule has 0 radical (unpaired) electrons. The highest BCUT2D eigenvalue weighted by molar-refractivity contribution is 7.81. The minimum absolute atomic E-state index is 0.790. The Kier molecular flexibility index (Phi) is 18.6. The van der Waals surface area contributed by atoms with Crippen molar-refractivity contribution in [2.24, 2.45) is 0 Å². The molecule has 0 aromatic heterocycles. The van der Waals surface area contributed by atoms with Gasteiger partial charge in [-0.15, -0.1) is 0 Å². The van der Waals surface area contributed by atoms with Crippen molar-refractivity contribution < 1.29 is 4.74 Å². The average Bonchev–Trinajstić information content (AvgIpc) is 2.94. The molecule has 38 heavy (non-hydrogen) atoms. The molecule has 2 aromatic carbocycles. The molecule has 2 heteroatoms. The van der Waals surface area contributed by atoms with E-state index in [1.165, 1.54) is 102 Å². The fourth-order valence-corrected chi connectivity index (χ4v) is 5.19. The quantitative estimate of drug-likeness (QED) is 0.0606. The maximum absolute atomic E-state index is 6.29. The van der Waals surface area contributed by atoms with E-state index in [4.69, 9.17) is 17.0 Å². The Balaban J connectivity index is 1.59. The average molecular weight is 535 g/mol. The standard InChI is InChI=1S/C36H54OS/c1-3-5-6-7-8-9-10-11-12-13-14-15-16-17-18-22-30-37-35-31-32(23-4-2)26-27-33(35)28-29-36(38)34-24-20-19-21-25-34/h19-21,24-29,31H,3-18,22-23,30H2,1-2H3. The number of hydrogen-bond acceptors (Lipinski definition) is 2. The summed E-state index contributed by atoms with van der Waals surface area (Å²) in [4.78, 5) is 0.854. The molecule has 0 aliphatic carbocycles. The van der Waals surface area contributed by atoms with Crippen molar-refractivity contribution in [1.29, 1.82) is 0 Å². The van der Waals surface area contributed by atoms with Gasteiger partial charge >= 0.3 is 0 Å². The summed E-state index contributed by atoms with van der Waals surface area (Å²) in [6, 6.07) is 16.8. The lowest BCUT2D eigenvalue weighted by atomic mass is 10.0. The van der Waals surface area contributed by atoms with Gasteiger partial charge < -0.3 is 4.74 Å². The Morgan fingerprint density at radius 1 is 0.658 bits per heavy atom. The van der Waals surface area contributed by atoms with E-state index >= 15 is 0 Å². The molecule has 0 heterocycles. The van der Waals surface area contributed by atoms with E-state index in [1.807, 2.05) is 24.3 Å². The van der Waals surface area contributed by atoms with Gasteiger partial charge in [-0.3, -0.25) is 0 Å². The molecule has 0 N–H and O–H groups in total. The Labute approximate surface area is 240 Å². The van der Waals surface area contributed by atoms with Crippen LogP contribution in [-0.2, 0) is 6.42 Å². The van der Waals surface area contributed by atoms with Crippen LogP contribution in [-0.4, -0.2) is 11.5 Å². The Bertz CT molecular complexity index is 885. The predicted octanol–water partition coefficient (Wildman–Crippen LogP) is 11.7. The summed E-state index contributed by atoms with van der Waals surface area (Å²) < 4.78 is 6.29. The first-order valence-corrected chi connectivity index (χ1v) is 16.2. The second kappa shape index (κ2) is 21.9. The van der Waals surface area contributed by atoms with Crippen molar-refractivity contribution in [1.82, 2.24) is 0 Å². The molecule has 0 bridgehead atoms. The van der Waals surface area contributed by atoms with Crippen LogP contribution in [0.4, 0.5) is 0 Å². The third kappa shape index (κ3) is 14.9. The number of hydrogen-bond donors (Lipinski definition) is 0. The molecule has 0 fully saturated rings. The van der Waals surface area contributed by atoms with Gasteiger partial charge in [0.05, 0.1) is 6.61 Å². The highest BCUT2D eigenvalue weighted by Gasteiger charge is 2.05. The monoisotopic (exact) mass is 534 g/mol. The third-order valence-corrected chi connectivity index (χ3v) is 7.72. The van der Waals surface area contributed by atoms with Gasteiger partial charge in [0.2, 0.25) is 0 Å². The molecule has 0 aliphatic heterocycles. The first-order chi connectivity index (χ1) is 18.7. The molecular formula is C36H54OS. The summed E-state index contributed by atoms with van der Waals surface area (Å²) in [7, 11) is 0. The van der Waals surface area contributed by atoms with E-state index in [1.54, 1.807) is 0 Å². The van der Waals surface area contributed by atoms with Gasteiger partial charge in [0.15, 0.2) is 0 Å². The molecule has 210 valence electrons. The number of ether oxygens (including phenoxy) is 1. The third-order valence-electron chi connectivity index (χ3n) is 7.34. The predicted molar refractivity (Wildman–Crippen MR) is 173 cm³/mol. The van der Waals surface area contributed by atoms with Gasteiger partial charge in [-0.25, -0.2) is 0 Å². The summed E-state index contributed by atoms with van der Waals surface area (Å²) in [6.07, 6.45) is 28.6. The number of thiocarbonyl (C=S) groups is 1. The fraction of sp³-hybridized carbons (Fsp3) is 0.583. The highest BCUT2D eigenvalue weighted by atomic mass is 32.1. The summed E-state index contributed by atoms with van der Waals surface area (Å²) >= 11 is 5.62. The van der Waals surface area contributed by atoms with Gasteiger partial charge in [-0.2, -0.15) is 0 Å². The van der Waals surface area contributed by atoms with Crippen LogP contribution in [0.25, 0.3) is 6.08 Å². The van der Waals surface area contributed by atoms with Gasteiger partial charge in [-0.05, 0) is 42.2 Å². The van der Waals surface area contributed by atoms with Gasteiger partial charge in [-0.1, -0.05) is 171 Å². The first kappa shape index (κ1) is 32.3. The van der Waals surface area contributed by atoms with E-state index in [2.05, 4.69) is 50.3 Å². The molecule has 0 unspecified atom stereocenters. The van der Waals surface area contributed by atoms with Gasteiger partial charge in [0.1, 0.15) is 5.75 Å². The van der Waals surface area contributed by atoms with E-state index < -0.39 is 0 Å². The van der Waals surface area contributed by atoms with Crippen LogP contribution >= 0.6 is 12.2 Å². The first-order valence-electron chi connectivity index (χ1n) is 15.8. The van der Waals surface area contributed by atoms with Crippen LogP contribution in [0.15, 0.2) is 54.6 Å². The summed E-state index contributed by atoms with van der Waals surface area (Å²) in [5.74, 6) is 0.990. The fourth-order valence-electron chi connectivity index (χ4n) is 4.98. The zero-order chi connectivity index (χ0) is 27.1. The van der Waals surface area contributed by atoms with E-state index in [-0.39, 0.29) is 0 Å². The van der Waals surface area contributed by atoms with Crippen LogP contribution in [0.3, 0.4) is 0 Å². The lowest BCUT2D eigenvalue weighted by Crippen LogP contribution is -2.00. The van der Waals surface area contributed by atoms with Crippen LogP contribution < -0.4 is 4.74 Å². The van der Waals surface area contributed by atoms with E-state index in [9.17, 15) is 0 Å². The number of benzene rings is 2.